The first-order valence-corrected chi connectivity index (χ1v) is 5.84. The molecule has 0 fully saturated rings. The van der Waals surface area contributed by atoms with Gasteiger partial charge in [-0.3, -0.25) is 9.13 Å². The van der Waals surface area contributed by atoms with Crippen LogP contribution in [0, 0.1) is 11.3 Å². The molecule has 0 aromatic carbocycles. The van der Waals surface area contributed by atoms with Crippen LogP contribution >= 0.6 is 0 Å². The number of ether oxygens (including phenoxy) is 2. The number of carbonyl (C=O) groups is 1. The second-order valence-corrected chi connectivity index (χ2v) is 4.07. The Kier molecular flexibility index (Phi) is 3.75. The van der Waals surface area contributed by atoms with Gasteiger partial charge in [-0.25, -0.2) is 14.6 Å². The summed E-state index contributed by atoms with van der Waals surface area (Å²) in [5.74, 6) is -0.103. The second-order valence-electron chi connectivity index (χ2n) is 4.07. The van der Waals surface area contributed by atoms with Gasteiger partial charge in [-0.1, -0.05) is 0 Å². The Balaban J connectivity index is 2.61. The maximum Gasteiger partial charge on any atom is 0.356 e. The molecule has 0 atom stereocenters. The highest BCUT2D eigenvalue weighted by Crippen LogP contribution is 2.19. The van der Waals surface area contributed by atoms with Gasteiger partial charge in [0.15, 0.2) is 0 Å². The highest BCUT2D eigenvalue weighted by molar-refractivity contribution is 5.87. The maximum atomic E-state index is 12.1. The third-order valence-corrected chi connectivity index (χ3v) is 2.94. The molecule has 0 spiro atoms. The summed E-state index contributed by atoms with van der Waals surface area (Å²) < 4.78 is 12.0. The number of methoxy groups -OCH3 is 2. The Bertz CT molecular complexity index is 797. The van der Waals surface area contributed by atoms with Crippen LogP contribution in [0.5, 0.6) is 5.75 Å². The fraction of sp³-hybridized carbons (Fsp3) is 0.231. The zero-order valence-corrected chi connectivity index (χ0v) is 11.7. The summed E-state index contributed by atoms with van der Waals surface area (Å²) in [5.41, 5.74) is -0.124. The third-order valence-electron chi connectivity index (χ3n) is 2.94. The van der Waals surface area contributed by atoms with Gasteiger partial charge in [0, 0.05) is 19.3 Å². The van der Waals surface area contributed by atoms with Gasteiger partial charge in [0.25, 0.3) is 0 Å². The first kappa shape index (κ1) is 14.3. The molecule has 0 saturated heterocycles. The van der Waals surface area contributed by atoms with Gasteiger partial charge in [0.2, 0.25) is 0 Å². The van der Waals surface area contributed by atoms with E-state index in [0.29, 0.717) is 0 Å². The molecule has 2 aromatic rings. The van der Waals surface area contributed by atoms with E-state index in [1.54, 1.807) is 0 Å². The van der Waals surface area contributed by atoms with Crippen LogP contribution < -0.4 is 10.4 Å². The van der Waals surface area contributed by atoms with Crippen LogP contribution in [0.15, 0.2) is 23.3 Å². The summed E-state index contributed by atoms with van der Waals surface area (Å²) in [7, 11) is 4.09. The SMILES string of the molecule is COC(=O)c1cn(-c2cc(OC)c(C#N)cn2)c(=O)n1C. The minimum atomic E-state index is -0.631. The van der Waals surface area contributed by atoms with Crippen LogP contribution in [0.2, 0.25) is 0 Å². The van der Waals surface area contributed by atoms with E-state index in [1.807, 2.05) is 6.07 Å². The predicted octanol–water partition coefficient (Wildman–Crippen LogP) is 0.238. The average molecular weight is 288 g/mol. The van der Waals surface area contributed by atoms with E-state index in [9.17, 15) is 9.59 Å². The highest BCUT2D eigenvalue weighted by Gasteiger charge is 2.18. The molecule has 21 heavy (non-hydrogen) atoms. The van der Waals surface area contributed by atoms with Gasteiger partial charge in [-0.15, -0.1) is 0 Å². The Morgan fingerprint density at radius 3 is 2.71 bits per heavy atom. The largest absolute Gasteiger partial charge is 0.495 e. The molecular formula is C13H12N4O4. The van der Waals surface area contributed by atoms with Crippen LogP contribution in [-0.4, -0.2) is 34.3 Å². The predicted molar refractivity (Wildman–Crippen MR) is 71.4 cm³/mol. The highest BCUT2D eigenvalue weighted by atomic mass is 16.5. The Hall–Kier alpha value is -3.08. The summed E-state index contributed by atoms with van der Waals surface area (Å²) in [6, 6.07) is 3.37. The summed E-state index contributed by atoms with van der Waals surface area (Å²) in [6.07, 6.45) is 2.62. The molecule has 0 aliphatic rings. The molecule has 2 heterocycles. The van der Waals surface area contributed by atoms with Crippen molar-refractivity contribution in [2.24, 2.45) is 7.05 Å². The van der Waals surface area contributed by atoms with Crippen LogP contribution in [-0.2, 0) is 11.8 Å². The van der Waals surface area contributed by atoms with Crippen molar-refractivity contribution in [3.63, 3.8) is 0 Å². The molecule has 2 rings (SSSR count). The van der Waals surface area contributed by atoms with Gasteiger partial charge >= 0.3 is 11.7 Å². The smallest absolute Gasteiger partial charge is 0.356 e. The molecule has 0 aliphatic carbocycles. The third kappa shape index (κ3) is 2.36. The van der Waals surface area contributed by atoms with Crippen molar-refractivity contribution in [1.82, 2.24) is 14.1 Å². The summed E-state index contributed by atoms with van der Waals surface area (Å²) in [6.45, 7) is 0. The summed E-state index contributed by atoms with van der Waals surface area (Å²) in [5, 5.41) is 8.91. The van der Waals surface area contributed by atoms with E-state index >= 15 is 0 Å². The number of nitrogens with zero attached hydrogens (tertiary/aromatic N) is 4. The number of hydrogen-bond acceptors (Lipinski definition) is 6. The van der Waals surface area contributed by atoms with Gasteiger partial charge in [0.05, 0.1) is 20.4 Å². The second kappa shape index (κ2) is 5.50. The quantitative estimate of drug-likeness (QED) is 0.750. The lowest BCUT2D eigenvalue weighted by Crippen LogP contribution is -2.23. The molecule has 0 bridgehead atoms. The molecule has 2 aromatic heterocycles. The number of esters is 1. The topological polar surface area (TPSA) is 99.1 Å². The Morgan fingerprint density at radius 1 is 1.43 bits per heavy atom. The van der Waals surface area contributed by atoms with Crippen molar-refractivity contribution >= 4 is 5.97 Å². The molecule has 0 saturated carbocycles. The maximum absolute atomic E-state index is 12.1. The molecule has 0 radical (unpaired) electrons. The molecular weight excluding hydrogens is 276 g/mol. The van der Waals surface area contributed by atoms with Crippen molar-refractivity contribution < 1.29 is 14.3 Å². The van der Waals surface area contributed by atoms with Crippen molar-refractivity contribution in [2.45, 2.75) is 0 Å². The van der Waals surface area contributed by atoms with Crippen molar-refractivity contribution in [1.29, 1.82) is 5.26 Å². The van der Waals surface area contributed by atoms with E-state index in [-0.39, 0.29) is 22.8 Å². The summed E-state index contributed by atoms with van der Waals surface area (Å²) in [4.78, 5) is 27.7. The zero-order chi connectivity index (χ0) is 15.6. The number of rotatable bonds is 3. The number of pyridine rings is 1. The van der Waals surface area contributed by atoms with Gasteiger partial charge in [-0.05, 0) is 0 Å². The van der Waals surface area contributed by atoms with Gasteiger partial charge in [0.1, 0.15) is 28.9 Å². The van der Waals surface area contributed by atoms with Crippen LogP contribution in [0.3, 0.4) is 0 Å². The monoisotopic (exact) mass is 288 g/mol. The molecule has 8 nitrogen and oxygen atoms in total. The molecule has 0 unspecified atom stereocenters. The average Bonchev–Trinajstić information content (AvgIpc) is 2.82. The number of imidazole rings is 1. The van der Waals surface area contributed by atoms with E-state index in [1.165, 1.54) is 44.3 Å². The first-order chi connectivity index (χ1) is 10.0. The van der Waals surface area contributed by atoms with E-state index < -0.39 is 11.7 Å². The fourth-order valence-electron chi connectivity index (χ4n) is 1.80. The van der Waals surface area contributed by atoms with Crippen molar-refractivity contribution in [2.75, 3.05) is 14.2 Å². The zero-order valence-electron chi connectivity index (χ0n) is 11.7. The lowest BCUT2D eigenvalue weighted by molar-refractivity contribution is 0.0589. The van der Waals surface area contributed by atoms with Gasteiger partial charge < -0.3 is 9.47 Å². The minimum absolute atomic E-state index is 0.0904. The Morgan fingerprint density at radius 2 is 2.14 bits per heavy atom. The lowest BCUT2D eigenvalue weighted by Gasteiger charge is -2.05. The summed E-state index contributed by atoms with van der Waals surface area (Å²) >= 11 is 0. The van der Waals surface area contributed by atoms with Gasteiger partial charge in [-0.2, -0.15) is 5.26 Å². The Labute approximate surface area is 119 Å². The van der Waals surface area contributed by atoms with E-state index in [0.717, 1.165) is 4.57 Å². The molecule has 0 aliphatic heterocycles. The van der Waals surface area contributed by atoms with Crippen LogP contribution in [0.1, 0.15) is 16.1 Å². The fourth-order valence-corrected chi connectivity index (χ4v) is 1.80. The molecule has 8 heteroatoms. The lowest BCUT2D eigenvalue weighted by atomic mass is 10.3. The van der Waals surface area contributed by atoms with Crippen molar-refractivity contribution in [3.05, 3.63) is 40.2 Å². The first-order valence-electron chi connectivity index (χ1n) is 5.84. The minimum Gasteiger partial charge on any atom is -0.495 e. The normalized spacial score (nSPS) is 10.0. The number of hydrogen-bond donors (Lipinski definition) is 0. The molecule has 0 N–H and O–H groups in total. The number of aromatic nitrogens is 3. The number of carbonyl (C=O) groups excluding carboxylic acids is 1. The molecule has 108 valence electrons. The standard InChI is InChI=1S/C13H12N4O4/c1-16-9(12(18)21-3)7-17(13(16)19)11-4-10(20-2)8(5-14)6-15-11/h4,6-7H,1-3H3. The van der Waals surface area contributed by atoms with Crippen LogP contribution in [0.4, 0.5) is 0 Å². The van der Waals surface area contributed by atoms with E-state index in [2.05, 4.69) is 9.72 Å². The van der Waals surface area contributed by atoms with Crippen molar-refractivity contribution in [3.8, 4) is 17.6 Å². The molecule has 0 amide bonds. The van der Waals surface area contributed by atoms with E-state index in [4.69, 9.17) is 10.00 Å². The number of nitriles is 1. The van der Waals surface area contributed by atoms with Crippen LogP contribution in [0.25, 0.3) is 5.82 Å².